The lowest BCUT2D eigenvalue weighted by molar-refractivity contribution is 0.376. The van der Waals surface area contributed by atoms with E-state index in [-0.39, 0.29) is 6.04 Å². The molecule has 2 heterocycles. The van der Waals surface area contributed by atoms with Crippen molar-refractivity contribution in [2.24, 2.45) is 11.7 Å². The molecule has 2 unspecified atom stereocenters. The van der Waals surface area contributed by atoms with Crippen molar-refractivity contribution in [3.63, 3.8) is 0 Å². The standard InChI is InChI=1S/C8H15N5/c1-6-2-3-13(4-7(6)9)8-10-5-11-12-8/h5-7H,2-4,9H2,1H3,(H,10,11,12). The Morgan fingerprint density at radius 3 is 3.15 bits per heavy atom. The van der Waals surface area contributed by atoms with Gasteiger partial charge in [-0.2, -0.15) is 10.1 Å². The van der Waals surface area contributed by atoms with Gasteiger partial charge in [0.05, 0.1) is 0 Å². The van der Waals surface area contributed by atoms with E-state index >= 15 is 0 Å². The zero-order valence-corrected chi connectivity index (χ0v) is 7.77. The molecule has 0 bridgehead atoms. The number of rotatable bonds is 1. The summed E-state index contributed by atoms with van der Waals surface area (Å²) < 4.78 is 0. The van der Waals surface area contributed by atoms with Crippen LogP contribution in [0.15, 0.2) is 6.33 Å². The highest BCUT2D eigenvalue weighted by Gasteiger charge is 2.24. The van der Waals surface area contributed by atoms with Gasteiger partial charge in [0.1, 0.15) is 6.33 Å². The highest BCUT2D eigenvalue weighted by molar-refractivity contribution is 5.28. The number of anilines is 1. The number of nitrogens with two attached hydrogens (primary N) is 1. The number of hydrogen-bond acceptors (Lipinski definition) is 4. The Morgan fingerprint density at radius 1 is 1.69 bits per heavy atom. The number of nitrogens with one attached hydrogen (secondary N) is 1. The van der Waals surface area contributed by atoms with Crippen molar-refractivity contribution in [2.45, 2.75) is 19.4 Å². The molecule has 72 valence electrons. The second kappa shape index (κ2) is 3.33. The fourth-order valence-corrected chi connectivity index (χ4v) is 1.64. The summed E-state index contributed by atoms with van der Waals surface area (Å²) in [5.41, 5.74) is 5.97. The van der Waals surface area contributed by atoms with Crippen molar-refractivity contribution in [3.8, 4) is 0 Å². The Kier molecular flexibility index (Phi) is 2.18. The van der Waals surface area contributed by atoms with Gasteiger partial charge < -0.3 is 10.6 Å². The zero-order valence-electron chi connectivity index (χ0n) is 7.77. The smallest absolute Gasteiger partial charge is 0.221 e. The number of aromatic nitrogens is 3. The van der Waals surface area contributed by atoms with Gasteiger partial charge in [0, 0.05) is 19.1 Å². The molecule has 1 fully saturated rings. The first kappa shape index (κ1) is 8.50. The summed E-state index contributed by atoms with van der Waals surface area (Å²) in [5, 5.41) is 6.67. The van der Waals surface area contributed by atoms with Gasteiger partial charge in [0.15, 0.2) is 0 Å². The van der Waals surface area contributed by atoms with Crippen molar-refractivity contribution in [2.75, 3.05) is 18.0 Å². The summed E-state index contributed by atoms with van der Waals surface area (Å²) in [6.45, 7) is 4.09. The summed E-state index contributed by atoms with van der Waals surface area (Å²) in [6.07, 6.45) is 2.65. The van der Waals surface area contributed by atoms with E-state index in [1.807, 2.05) is 0 Å². The number of hydrogen-bond donors (Lipinski definition) is 2. The molecule has 0 aliphatic carbocycles. The second-order valence-corrected chi connectivity index (χ2v) is 3.68. The van der Waals surface area contributed by atoms with Gasteiger partial charge in [-0.1, -0.05) is 6.92 Å². The van der Waals surface area contributed by atoms with Crippen LogP contribution in [0.5, 0.6) is 0 Å². The molecule has 1 aliphatic heterocycles. The summed E-state index contributed by atoms with van der Waals surface area (Å²) in [5.74, 6) is 1.45. The quantitative estimate of drug-likeness (QED) is 0.638. The second-order valence-electron chi connectivity index (χ2n) is 3.68. The van der Waals surface area contributed by atoms with Gasteiger partial charge in [-0.15, -0.1) is 0 Å². The molecule has 5 heteroatoms. The third-order valence-electron chi connectivity index (χ3n) is 2.72. The van der Waals surface area contributed by atoms with Crippen LogP contribution in [0, 0.1) is 5.92 Å². The van der Waals surface area contributed by atoms with E-state index in [2.05, 4.69) is 27.0 Å². The van der Waals surface area contributed by atoms with Crippen LogP contribution in [0.2, 0.25) is 0 Å². The molecule has 3 N–H and O–H groups in total. The molecule has 5 nitrogen and oxygen atoms in total. The van der Waals surface area contributed by atoms with Gasteiger partial charge in [-0.25, -0.2) is 5.10 Å². The summed E-state index contributed by atoms with van der Waals surface area (Å²) in [6, 6.07) is 0.249. The minimum atomic E-state index is 0.249. The molecule has 0 saturated carbocycles. The summed E-state index contributed by atoms with van der Waals surface area (Å²) in [4.78, 5) is 6.25. The third kappa shape index (κ3) is 1.65. The van der Waals surface area contributed by atoms with Gasteiger partial charge in [0.25, 0.3) is 0 Å². The van der Waals surface area contributed by atoms with Gasteiger partial charge >= 0.3 is 0 Å². The molecule has 2 rings (SSSR count). The van der Waals surface area contributed by atoms with Crippen LogP contribution in [0.4, 0.5) is 5.95 Å². The van der Waals surface area contributed by atoms with Crippen molar-refractivity contribution >= 4 is 5.95 Å². The average molecular weight is 181 g/mol. The predicted molar refractivity (Wildman–Crippen MR) is 50.4 cm³/mol. The first-order chi connectivity index (χ1) is 6.27. The number of nitrogens with zero attached hydrogens (tertiary/aromatic N) is 3. The van der Waals surface area contributed by atoms with Crippen molar-refractivity contribution in [3.05, 3.63) is 6.33 Å². The normalized spacial score (nSPS) is 29.2. The van der Waals surface area contributed by atoms with Crippen LogP contribution in [-0.2, 0) is 0 Å². The van der Waals surface area contributed by atoms with Gasteiger partial charge in [0.2, 0.25) is 5.95 Å². The minimum Gasteiger partial charge on any atom is -0.340 e. The Hall–Kier alpha value is -1.10. The molecule has 0 aromatic carbocycles. The number of aromatic amines is 1. The maximum atomic E-state index is 5.97. The lowest BCUT2D eigenvalue weighted by Gasteiger charge is -2.34. The maximum Gasteiger partial charge on any atom is 0.221 e. The van der Waals surface area contributed by atoms with Crippen LogP contribution >= 0.6 is 0 Å². The van der Waals surface area contributed by atoms with Crippen molar-refractivity contribution in [1.29, 1.82) is 0 Å². The van der Waals surface area contributed by atoms with Crippen LogP contribution in [0.25, 0.3) is 0 Å². The van der Waals surface area contributed by atoms with E-state index < -0.39 is 0 Å². The molecule has 1 saturated heterocycles. The van der Waals surface area contributed by atoms with Crippen LogP contribution < -0.4 is 10.6 Å². The Morgan fingerprint density at radius 2 is 2.54 bits per heavy atom. The maximum absolute atomic E-state index is 5.97. The SMILES string of the molecule is CC1CCN(c2ncn[nH]2)CC1N. The molecular weight excluding hydrogens is 166 g/mol. The Bertz CT molecular complexity index is 258. The third-order valence-corrected chi connectivity index (χ3v) is 2.72. The van der Waals surface area contributed by atoms with Crippen molar-refractivity contribution < 1.29 is 0 Å². The Balaban J connectivity index is 2.03. The topological polar surface area (TPSA) is 70.8 Å². The number of piperidine rings is 1. The molecule has 1 aromatic rings. The minimum absolute atomic E-state index is 0.249. The van der Waals surface area contributed by atoms with Gasteiger partial charge in [-0.3, -0.25) is 0 Å². The highest BCUT2D eigenvalue weighted by Crippen LogP contribution is 2.18. The zero-order chi connectivity index (χ0) is 9.26. The van der Waals surface area contributed by atoms with Crippen LogP contribution in [0.1, 0.15) is 13.3 Å². The van der Waals surface area contributed by atoms with Crippen LogP contribution in [-0.4, -0.2) is 34.3 Å². The van der Waals surface area contributed by atoms with E-state index in [9.17, 15) is 0 Å². The highest BCUT2D eigenvalue weighted by atomic mass is 15.3. The molecule has 2 atom stereocenters. The molecule has 13 heavy (non-hydrogen) atoms. The Labute approximate surface area is 77.3 Å². The molecule has 1 aromatic heterocycles. The molecule has 0 amide bonds. The molecular formula is C8H15N5. The number of H-pyrrole nitrogens is 1. The summed E-state index contributed by atoms with van der Waals surface area (Å²) >= 11 is 0. The van der Waals surface area contributed by atoms with E-state index in [1.54, 1.807) is 0 Å². The predicted octanol–water partition coefficient (Wildman–Crippen LogP) is -0.0218. The first-order valence-corrected chi connectivity index (χ1v) is 4.63. The van der Waals surface area contributed by atoms with Crippen molar-refractivity contribution in [1.82, 2.24) is 15.2 Å². The lowest BCUT2D eigenvalue weighted by Crippen LogP contribution is -2.48. The van der Waals surface area contributed by atoms with E-state index in [4.69, 9.17) is 5.73 Å². The summed E-state index contributed by atoms with van der Waals surface area (Å²) in [7, 11) is 0. The fourth-order valence-electron chi connectivity index (χ4n) is 1.64. The molecule has 0 spiro atoms. The van der Waals surface area contributed by atoms with Gasteiger partial charge in [-0.05, 0) is 12.3 Å². The average Bonchev–Trinajstić information content (AvgIpc) is 2.62. The van der Waals surface area contributed by atoms with E-state index in [0.29, 0.717) is 5.92 Å². The lowest BCUT2D eigenvalue weighted by atomic mass is 9.95. The van der Waals surface area contributed by atoms with Crippen LogP contribution in [0.3, 0.4) is 0 Å². The molecule has 1 aliphatic rings. The fraction of sp³-hybridized carbons (Fsp3) is 0.750. The molecule has 0 radical (unpaired) electrons. The largest absolute Gasteiger partial charge is 0.340 e. The van der Waals surface area contributed by atoms with E-state index in [0.717, 1.165) is 25.5 Å². The monoisotopic (exact) mass is 181 g/mol. The first-order valence-electron chi connectivity index (χ1n) is 4.63. The van der Waals surface area contributed by atoms with E-state index in [1.165, 1.54) is 6.33 Å².